The van der Waals surface area contributed by atoms with Gasteiger partial charge in [-0.05, 0) is 12.1 Å². The van der Waals surface area contributed by atoms with Crippen LogP contribution in [-0.2, 0) is 4.79 Å². The molecule has 0 atom stereocenters. The number of hydrogen-bond donors (Lipinski definition) is 1. The number of anilines is 1. The monoisotopic (exact) mass is 306 g/mol. The second-order valence-corrected chi connectivity index (χ2v) is 5.92. The molecule has 0 spiro atoms. The predicted molar refractivity (Wildman–Crippen MR) is 82.5 cm³/mol. The summed E-state index contributed by atoms with van der Waals surface area (Å²) in [7, 11) is 0. The maximum Gasteiger partial charge on any atom is 0.236 e. The molecule has 0 aliphatic rings. The topological polar surface area (TPSA) is 59.1 Å². The van der Waals surface area contributed by atoms with Gasteiger partial charge in [0.2, 0.25) is 5.91 Å². The van der Waals surface area contributed by atoms with E-state index in [0.717, 1.165) is 4.90 Å². The fraction of sp³-hybridized carbons (Fsp3) is 0.214. The van der Waals surface area contributed by atoms with Gasteiger partial charge in [-0.3, -0.25) is 9.59 Å². The highest BCUT2D eigenvalue weighted by molar-refractivity contribution is 8.00. The molecule has 0 fully saturated rings. The number of amides is 1. The Hall–Kier alpha value is -1.66. The first kappa shape index (κ1) is 14.7. The molecule has 0 aliphatic carbocycles. The van der Waals surface area contributed by atoms with E-state index in [4.69, 9.17) is 0 Å². The maximum absolute atomic E-state index is 11.7. The molecule has 104 valence electrons. The minimum atomic E-state index is -0.0846. The molecule has 0 saturated carbocycles. The zero-order valence-corrected chi connectivity index (χ0v) is 12.6. The Bertz CT molecular complexity index is 580. The number of ketones is 1. The van der Waals surface area contributed by atoms with Crippen LogP contribution in [0, 0.1) is 0 Å². The number of aromatic nitrogens is 1. The van der Waals surface area contributed by atoms with Crippen molar-refractivity contribution in [1.29, 1.82) is 0 Å². The SMILES string of the molecule is CCC(=O)c1ccc(SCC(=O)Nc2nccs2)cc1. The lowest BCUT2D eigenvalue weighted by Gasteiger charge is -2.03. The first-order valence-corrected chi connectivity index (χ1v) is 8.01. The van der Waals surface area contributed by atoms with Crippen LogP contribution in [0.5, 0.6) is 0 Å². The fourth-order valence-corrected chi connectivity index (χ4v) is 2.77. The number of carbonyl (C=O) groups is 2. The number of benzene rings is 1. The molecule has 0 aliphatic heterocycles. The van der Waals surface area contributed by atoms with E-state index in [0.29, 0.717) is 22.9 Å². The van der Waals surface area contributed by atoms with Crippen molar-refractivity contribution in [3.05, 3.63) is 41.4 Å². The highest BCUT2D eigenvalue weighted by atomic mass is 32.2. The van der Waals surface area contributed by atoms with Crippen LogP contribution < -0.4 is 5.32 Å². The van der Waals surface area contributed by atoms with Gasteiger partial charge in [-0.25, -0.2) is 4.98 Å². The first-order valence-electron chi connectivity index (χ1n) is 6.14. The predicted octanol–water partition coefficient (Wildman–Crippen LogP) is 3.47. The van der Waals surface area contributed by atoms with Crippen LogP contribution >= 0.6 is 23.1 Å². The molecule has 1 N–H and O–H groups in total. The number of carbonyl (C=O) groups excluding carboxylic acids is 2. The summed E-state index contributed by atoms with van der Waals surface area (Å²) in [5, 5.41) is 5.15. The summed E-state index contributed by atoms with van der Waals surface area (Å²) in [6.45, 7) is 1.84. The van der Waals surface area contributed by atoms with Crippen molar-refractivity contribution in [1.82, 2.24) is 4.98 Å². The van der Waals surface area contributed by atoms with Crippen molar-refractivity contribution in [2.75, 3.05) is 11.1 Å². The van der Waals surface area contributed by atoms with Gasteiger partial charge < -0.3 is 5.32 Å². The van der Waals surface area contributed by atoms with Crippen LogP contribution in [0.25, 0.3) is 0 Å². The Kier molecular flexibility index (Phi) is 5.31. The van der Waals surface area contributed by atoms with E-state index >= 15 is 0 Å². The van der Waals surface area contributed by atoms with Gasteiger partial charge in [0.25, 0.3) is 0 Å². The Morgan fingerprint density at radius 3 is 2.65 bits per heavy atom. The smallest absolute Gasteiger partial charge is 0.236 e. The van der Waals surface area contributed by atoms with Crippen LogP contribution in [0.3, 0.4) is 0 Å². The van der Waals surface area contributed by atoms with Crippen LogP contribution in [0.1, 0.15) is 23.7 Å². The molecule has 4 nitrogen and oxygen atoms in total. The molecule has 2 aromatic rings. The van der Waals surface area contributed by atoms with E-state index in [1.54, 1.807) is 18.3 Å². The molecule has 6 heteroatoms. The van der Waals surface area contributed by atoms with Gasteiger partial charge in [0, 0.05) is 28.5 Å². The second-order valence-electron chi connectivity index (χ2n) is 3.98. The highest BCUT2D eigenvalue weighted by Crippen LogP contribution is 2.19. The van der Waals surface area contributed by atoms with E-state index in [9.17, 15) is 9.59 Å². The number of hydrogen-bond acceptors (Lipinski definition) is 5. The maximum atomic E-state index is 11.7. The molecule has 0 saturated heterocycles. The van der Waals surface area contributed by atoms with Crippen LogP contribution in [0.4, 0.5) is 5.13 Å². The van der Waals surface area contributed by atoms with Gasteiger partial charge >= 0.3 is 0 Å². The third-order valence-electron chi connectivity index (χ3n) is 2.55. The summed E-state index contributed by atoms with van der Waals surface area (Å²) in [4.78, 5) is 28.1. The number of Topliss-reactive ketones (excluding diaryl/α,β-unsaturated/α-hetero) is 1. The Morgan fingerprint density at radius 2 is 2.05 bits per heavy atom. The number of thiazole rings is 1. The van der Waals surface area contributed by atoms with Crippen molar-refractivity contribution in [2.24, 2.45) is 0 Å². The first-order chi connectivity index (χ1) is 9.69. The minimum absolute atomic E-state index is 0.0846. The summed E-state index contributed by atoms with van der Waals surface area (Å²) in [6, 6.07) is 7.33. The highest BCUT2D eigenvalue weighted by Gasteiger charge is 2.06. The summed E-state index contributed by atoms with van der Waals surface area (Å²) < 4.78 is 0. The van der Waals surface area contributed by atoms with Gasteiger partial charge in [0.1, 0.15) is 0 Å². The molecule has 1 aromatic heterocycles. The van der Waals surface area contributed by atoms with Crippen LogP contribution in [-0.4, -0.2) is 22.4 Å². The fourth-order valence-electron chi connectivity index (χ4n) is 1.53. The van der Waals surface area contributed by atoms with E-state index in [2.05, 4.69) is 10.3 Å². The third kappa shape index (κ3) is 4.18. The average molecular weight is 306 g/mol. The number of nitrogens with one attached hydrogen (secondary N) is 1. The standard InChI is InChI=1S/C14H14N2O2S2/c1-2-12(17)10-3-5-11(6-4-10)20-9-13(18)16-14-15-7-8-19-14/h3-8H,2,9H2,1H3,(H,15,16,18). The van der Waals surface area contributed by atoms with E-state index in [1.807, 2.05) is 24.4 Å². The Morgan fingerprint density at radius 1 is 1.30 bits per heavy atom. The van der Waals surface area contributed by atoms with Crippen molar-refractivity contribution >= 4 is 39.9 Å². The summed E-state index contributed by atoms with van der Waals surface area (Å²) in [5.74, 6) is 0.363. The number of rotatable bonds is 6. The number of thioether (sulfide) groups is 1. The molecular formula is C14H14N2O2S2. The molecule has 0 bridgehead atoms. The molecule has 0 unspecified atom stereocenters. The lowest BCUT2D eigenvalue weighted by atomic mass is 10.1. The van der Waals surface area contributed by atoms with E-state index in [-0.39, 0.29) is 11.7 Å². The van der Waals surface area contributed by atoms with Crippen molar-refractivity contribution in [3.63, 3.8) is 0 Å². The zero-order chi connectivity index (χ0) is 14.4. The van der Waals surface area contributed by atoms with Gasteiger partial charge in [-0.15, -0.1) is 23.1 Å². The normalized spacial score (nSPS) is 10.2. The summed E-state index contributed by atoms with van der Waals surface area (Å²) in [6.07, 6.45) is 2.15. The van der Waals surface area contributed by atoms with Gasteiger partial charge in [-0.2, -0.15) is 0 Å². The zero-order valence-electron chi connectivity index (χ0n) is 11.0. The summed E-state index contributed by atoms with van der Waals surface area (Å²) >= 11 is 2.82. The van der Waals surface area contributed by atoms with Crippen molar-refractivity contribution in [3.8, 4) is 0 Å². The molecule has 0 radical (unpaired) electrons. The van der Waals surface area contributed by atoms with Gasteiger partial charge in [-0.1, -0.05) is 19.1 Å². The van der Waals surface area contributed by atoms with Crippen molar-refractivity contribution in [2.45, 2.75) is 18.2 Å². The van der Waals surface area contributed by atoms with Gasteiger partial charge in [0.15, 0.2) is 10.9 Å². The average Bonchev–Trinajstić information content (AvgIpc) is 2.97. The molecule has 2 rings (SSSR count). The molecular weight excluding hydrogens is 292 g/mol. The van der Waals surface area contributed by atoms with E-state index < -0.39 is 0 Å². The molecule has 1 heterocycles. The lowest BCUT2D eigenvalue weighted by Crippen LogP contribution is -2.13. The molecule has 20 heavy (non-hydrogen) atoms. The third-order valence-corrected chi connectivity index (χ3v) is 4.25. The largest absolute Gasteiger partial charge is 0.301 e. The quantitative estimate of drug-likeness (QED) is 0.656. The Balaban J connectivity index is 1.84. The van der Waals surface area contributed by atoms with Crippen LogP contribution in [0.2, 0.25) is 0 Å². The lowest BCUT2D eigenvalue weighted by molar-refractivity contribution is -0.113. The van der Waals surface area contributed by atoms with E-state index in [1.165, 1.54) is 23.1 Å². The molecule has 1 aromatic carbocycles. The minimum Gasteiger partial charge on any atom is -0.301 e. The van der Waals surface area contributed by atoms with Gasteiger partial charge in [0.05, 0.1) is 5.75 Å². The second kappa shape index (κ2) is 7.21. The van der Waals surface area contributed by atoms with Crippen molar-refractivity contribution < 1.29 is 9.59 Å². The Labute approximate surface area is 125 Å². The molecule has 1 amide bonds. The number of nitrogens with zero attached hydrogens (tertiary/aromatic N) is 1. The van der Waals surface area contributed by atoms with Crippen LogP contribution in [0.15, 0.2) is 40.7 Å². The summed E-state index contributed by atoms with van der Waals surface area (Å²) in [5.41, 5.74) is 0.712.